The molecule has 2 heterocycles. The normalized spacial score (nSPS) is 27.2. The molecule has 36 heavy (non-hydrogen) atoms. The van der Waals surface area contributed by atoms with Gasteiger partial charge in [-0.2, -0.15) is 0 Å². The van der Waals surface area contributed by atoms with Gasteiger partial charge in [0.15, 0.2) is 5.96 Å². The second-order valence-electron chi connectivity index (χ2n) is 11.4. The Morgan fingerprint density at radius 2 is 2.11 bits per heavy atom. The fourth-order valence-electron chi connectivity index (χ4n) is 5.31. The van der Waals surface area contributed by atoms with Crippen molar-refractivity contribution in [2.45, 2.75) is 77.1 Å². The number of carbonyl (C=O) groups excluding carboxylic acids is 2. The molecule has 2 unspecified atom stereocenters. The number of nitrogens with one attached hydrogen (secondary N) is 3. The van der Waals surface area contributed by atoms with Crippen LogP contribution in [0.15, 0.2) is 24.3 Å². The van der Waals surface area contributed by atoms with E-state index in [0.717, 1.165) is 16.9 Å². The number of ether oxygens (including phenoxy) is 2. The molecule has 196 valence electrons. The van der Waals surface area contributed by atoms with E-state index in [1.54, 1.807) is 7.11 Å². The number of carbonyl (C=O) groups is 2. The van der Waals surface area contributed by atoms with Crippen LogP contribution in [0.2, 0.25) is 5.02 Å². The van der Waals surface area contributed by atoms with E-state index in [0.29, 0.717) is 24.5 Å². The third kappa shape index (κ3) is 5.54. The minimum Gasteiger partial charge on any atom is -0.487 e. The van der Waals surface area contributed by atoms with Crippen molar-refractivity contribution in [1.29, 1.82) is 5.41 Å². The number of benzene rings is 1. The van der Waals surface area contributed by atoms with Crippen molar-refractivity contribution in [2.75, 3.05) is 13.7 Å². The topological polar surface area (TPSA) is 104 Å². The van der Waals surface area contributed by atoms with Crippen LogP contribution in [0, 0.1) is 24.2 Å². The molecule has 0 spiro atoms. The van der Waals surface area contributed by atoms with Crippen LogP contribution >= 0.6 is 11.6 Å². The molecule has 3 N–H and O–H groups in total. The average molecular weight is 517 g/mol. The summed E-state index contributed by atoms with van der Waals surface area (Å²) < 4.78 is 11.3. The largest absolute Gasteiger partial charge is 0.487 e. The predicted molar refractivity (Wildman–Crippen MR) is 139 cm³/mol. The van der Waals surface area contributed by atoms with Gasteiger partial charge in [0.25, 0.3) is 0 Å². The molecule has 1 aromatic carbocycles. The second-order valence-corrected chi connectivity index (χ2v) is 11.9. The lowest BCUT2D eigenvalue weighted by Crippen LogP contribution is -2.62. The number of guanidine groups is 1. The summed E-state index contributed by atoms with van der Waals surface area (Å²) in [5, 5.41) is 15.5. The number of hydrogen-bond donors (Lipinski definition) is 3. The first-order valence-corrected chi connectivity index (χ1v) is 12.8. The van der Waals surface area contributed by atoms with Crippen molar-refractivity contribution in [3.8, 4) is 5.75 Å². The van der Waals surface area contributed by atoms with Gasteiger partial charge in [-0.1, -0.05) is 23.8 Å². The summed E-state index contributed by atoms with van der Waals surface area (Å²) in [7, 11) is 1.60. The Labute approximate surface area is 218 Å². The Bertz CT molecular complexity index is 1080. The summed E-state index contributed by atoms with van der Waals surface area (Å²) in [6, 6.07) is 3.19. The van der Waals surface area contributed by atoms with E-state index < -0.39 is 17.2 Å². The number of fused-ring (bicyclic) bond motifs is 1. The maximum absolute atomic E-state index is 13.4. The van der Waals surface area contributed by atoms with Gasteiger partial charge >= 0.3 is 0 Å². The highest BCUT2D eigenvalue weighted by atomic mass is 35.5. The van der Waals surface area contributed by atoms with Crippen LogP contribution < -0.4 is 15.4 Å². The molecule has 4 atom stereocenters. The third-order valence-electron chi connectivity index (χ3n) is 7.13. The van der Waals surface area contributed by atoms with Crippen molar-refractivity contribution in [1.82, 2.24) is 15.5 Å². The molecule has 9 heteroatoms. The minimum atomic E-state index is -0.478. The summed E-state index contributed by atoms with van der Waals surface area (Å²) in [5.74, 6) is 0.297. The van der Waals surface area contributed by atoms with Gasteiger partial charge in [0.2, 0.25) is 11.8 Å². The molecule has 8 nitrogen and oxygen atoms in total. The molecule has 1 saturated carbocycles. The monoisotopic (exact) mass is 516 g/mol. The van der Waals surface area contributed by atoms with Crippen LogP contribution in [0.1, 0.15) is 64.1 Å². The molecule has 2 aliphatic heterocycles. The Morgan fingerprint density at radius 3 is 2.78 bits per heavy atom. The summed E-state index contributed by atoms with van der Waals surface area (Å²) >= 11 is 6.40. The molecule has 0 bridgehead atoms. The van der Waals surface area contributed by atoms with Crippen LogP contribution in [-0.2, 0) is 14.3 Å². The number of aryl methyl sites for hydroxylation is 1. The van der Waals surface area contributed by atoms with Crippen LogP contribution in [0.25, 0.3) is 0 Å². The van der Waals surface area contributed by atoms with E-state index in [1.807, 2.05) is 58.9 Å². The lowest BCUT2D eigenvalue weighted by molar-refractivity contribution is -0.132. The van der Waals surface area contributed by atoms with Crippen LogP contribution in [-0.4, -0.2) is 53.6 Å². The summed E-state index contributed by atoms with van der Waals surface area (Å²) in [6.45, 7) is 10.2. The number of amides is 2. The van der Waals surface area contributed by atoms with Crippen molar-refractivity contribution >= 4 is 29.4 Å². The zero-order valence-corrected chi connectivity index (χ0v) is 22.7. The number of rotatable bonds is 7. The van der Waals surface area contributed by atoms with Gasteiger partial charge in [-0.25, -0.2) is 0 Å². The molecule has 2 amide bonds. The highest BCUT2D eigenvalue weighted by Gasteiger charge is 2.52. The number of halogens is 1. The van der Waals surface area contributed by atoms with Crippen LogP contribution in [0.5, 0.6) is 5.75 Å². The zero-order valence-electron chi connectivity index (χ0n) is 21.9. The molecular formula is C27H37ClN4O4. The quantitative estimate of drug-likeness (QED) is 0.473. The summed E-state index contributed by atoms with van der Waals surface area (Å²) in [6.07, 6.45) is 5.28. The van der Waals surface area contributed by atoms with Gasteiger partial charge in [0.1, 0.15) is 11.4 Å². The van der Waals surface area contributed by atoms with E-state index >= 15 is 0 Å². The molecule has 1 aliphatic carbocycles. The molecule has 1 aromatic rings. The van der Waals surface area contributed by atoms with Gasteiger partial charge in [-0.15, -0.1) is 0 Å². The van der Waals surface area contributed by atoms with Gasteiger partial charge in [0.05, 0.1) is 18.7 Å². The molecule has 0 aromatic heterocycles. The van der Waals surface area contributed by atoms with Crippen molar-refractivity contribution in [3.05, 3.63) is 40.4 Å². The maximum Gasteiger partial charge on any atom is 0.232 e. The van der Waals surface area contributed by atoms with Gasteiger partial charge in [0, 0.05) is 42.0 Å². The maximum atomic E-state index is 13.4. The summed E-state index contributed by atoms with van der Waals surface area (Å²) in [5.41, 5.74) is 0.894. The minimum absolute atomic E-state index is 0.0558. The molecule has 4 rings (SSSR count). The Hall–Kier alpha value is -2.58. The Morgan fingerprint density at radius 1 is 1.39 bits per heavy atom. The first-order valence-electron chi connectivity index (χ1n) is 12.5. The van der Waals surface area contributed by atoms with E-state index in [1.165, 1.54) is 4.90 Å². The lowest BCUT2D eigenvalue weighted by atomic mass is 9.89. The summed E-state index contributed by atoms with van der Waals surface area (Å²) in [4.78, 5) is 28.0. The zero-order chi connectivity index (χ0) is 26.4. The first-order chi connectivity index (χ1) is 16.8. The average Bonchev–Trinajstić information content (AvgIpc) is 3.53. The predicted octanol–water partition coefficient (Wildman–Crippen LogP) is 4.11. The van der Waals surface area contributed by atoms with Gasteiger partial charge in [-0.05, 0) is 64.7 Å². The van der Waals surface area contributed by atoms with Crippen LogP contribution in [0.3, 0.4) is 0 Å². The van der Waals surface area contributed by atoms with E-state index in [4.69, 9.17) is 26.5 Å². The molecular weight excluding hydrogens is 480 g/mol. The molecule has 3 aliphatic rings. The Balaban J connectivity index is 1.52. The Kier molecular flexibility index (Phi) is 7.14. The molecule has 2 fully saturated rings. The van der Waals surface area contributed by atoms with E-state index in [-0.39, 0.29) is 42.1 Å². The first kappa shape index (κ1) is 26.5. The van der Waals surface area contributed by atoms with Gasteiger partial charge in [-0.3, -0.25) is 19.9 Å². The molecule has 0 radical (unpaired) electrons. The highest BCUT2D eigenvalue weighted by molar-refractivity contribution is 6.31. The highest BCUT2D eigenvalue weighted by Crippen LogP contribution is 2.47. The number of methoxy groups -OCH3 is 1. The van der Waals surface area contributed by atoms with Gasteiger partial charge < -0.3 is 20.1 Å². The molecule has 1 saturated heterocycles. The SMILES string of the molecule is COC/C=C/[C@@H](C1C[C@H]1C(=O)NC1CC(C)(C)Oc2cc(C)c(Cl)cc21)N1C(=N)NC(C)(C)CC1=O. The standard InChI is InChI=1S/C27H37ClN4O4/c1-15-10-22-18(12-19(15)28)20(13-27(4,5)36-22)30-24(34)17-11-16(17)21(8-7-9-35-6)32-23(33)14-26(2,3)31-25(32)29/h7-8,10,12,16-17,20-21H,9,11,13-14H2,1-6H3,(H2,29,31)(H,30,34)/b8-7+/t16?,17-,20?,21+/m1/s1. The van der Waals surface area contributed by atoms with Crippen molar-refractivity contribution < 1.29 is 19.1 Å². The van der Waals surface area contributed by atoms with Crippen LogP contribution in [0.4, 0.5) is 0 Å². The van der Waals surface area contributed by atoms with Crippen molar-refractivity contribution in [2.24, 2.45) is 11.8 Å². The van der Waals surface area contributed by atoms with E-state index in [2.05, 4.69) is 10.6 Å². The second kappa shape index (κ2) is 9.71. The third-order valence-corrected chi connectivity index (χ3v) is 7.54. The smallest absolute Gasteiger partial charge is 0.232 e. The fraction of sp³-hybridized carbons (Fsp3) is 0.593. The number of hydrogen-bond acceptors (Lipinski definition) is 5. The number of nitrogens with zero attached hydrogens (tertiary/aromatic N) is 1. The lowest BCUT2D eigenvalue weighted by Gasteiger charge is -2.41. The fourth-order valence-corrected chi connectivity index (χ4v) is 5.48. The van der Waals surface area contributed by atoms with E-state index in [9.17, 15) is 9.59 Å². The van der Waals surface area contributed by atoms with Crippen molar-refractivity contribution in [3.63, 3.8) is 0 Å².